The highest BCUT2D eigenvalue weighted by molar-refractivity contribution is 6.31. The molecule has 4 heteroatoms. The van der Waals surface area contributed by atoms with Crippen LogP contribution in [0.1, 0.15) is 44.6 Å². The molecule has 0 radical (unpaired) electrons. The Morgan fingerprint density at radius 1 is 1.30 bits per heavy atom. The smallest absolute Gasteiger partial charge is 0.238 e. The molecule has 2 N–H and O–H groups in total. The average Bonchev–Trinajstić information content (AvgIpc) is 2.42. The summed E-state index contributed by atoms with van der Waals surface area (Å²) < 4.78 is 0. The van der Waals surface area contributed by atoms with Crippen molar-refractivity contribution in [1.82, 2.24) is 5.32 Å². The van der Waals surface area contributed by atoms with Crippen LogP contribution in [0, 0.1) is 6.92 Å². The number of hydrogen-bond donors (Lipinski definition) is 2. The summed E-state index contributed by atoms with van der Waals surface area (Å²) >= 11 is 5.95. The third kappa shape index (κ3) is 4.22. The molecule has 1 aromatic rings. The molecule has 0 bridgehead atoms. The van der Waals surface area contributed by atoms with Gasteiger partial charge in [0, 0.05) is 16.2 Å². The summed E-state index contributed by atoms with van der Waals surface area (Å²) in [7, 11) is 0. The molecule has 0 saturated heterocycles. The van der Waals surface area contributed by atoms with Crippen molar-refractivity contribution >= 4 is 23.2 Å². The minimum atomic E-state index is -0.0119. The largest absolute Gasteiger partial charge is 0.325 e. The highest BCUT2D eigenvalue weighted by Gasteiger charge is 2.26. The molecule has 0 heterocycles. The fourth-order valence-electron chi connectivity index (χ4n) is 2.73. The number of nitrogens with one attached hydrogen (secondary N) is 2. The number of amides is 1. The normalized spacial score (nSPS) is 17.8. The van der Waals surface area contributed by atoms with Gasteiger partial charge in [-0.25, -0.2) is 0 Å². The minimum absolute atomic E-state index is 0.0119. The second-order valence-electron chi connectivity index (χ2n) is 5.98. The number of anilines is 1. The van der Waals surface area contributed by atoms with Crippen LogP contribution in [0.15, 0.2) is 18.2 Å². The SMILES string of the molecule is Cc1ccc(Cl)cc1NC(=O)CNC1(C)CCCCC1. The molecule has 0 atom stereocenters. The van der Waals surface area contributed by atoms with Crippen LogP contribution >= 0.6 is 11.6 Å². The van der Waals surface area contributed by atoms with Crippen molar-refractivity contribution in [3.63, 3.8) is 0 Å². The first-order valence-electron chi connectivity index (χ1n) is 7.30. The van der Waals surface area contributed by atoms with E-state index in [9.17, 15) is 4.79 Å². The number of benzene rings is 1. The molecule has 20 heavy (non-hydrogen) atoms. The van der Waals surface area contributed by atoms with E-state index < -0.39 is 0 Å². The lowest BCUT2D eigenvalue weighted by atomic mass is 9.83. The van der Waals surface area contributed by atoms with E-state index in [0.29, 0.717) is 11.6 Å². The van der Waals surface area contributed by atoms with Crippen molar-refractivity contribution in [1.29, 1.82) is 0 Å². The van der Waals surface area contributed by atoms with Crippen molar-refractivity contribution in [2.45, 2.75) is 51.5 Å². The molecule has 1 amide bonds. The molecule has 0 aliphatic heterocycles. The van der Waals surface area contributed by atoms with Crippen molar-refractivity contribution in [2.24, 2.45) is 0 Å². The zero-order valence-electron chi connectivity index (χ0n) is 12.3. The first-order valence-corrected chi connectivity index (χ1v) is 7.67. The van der Waals surface area contributed by atoms with Gasteiger partial charge in [0.1, 0.15) is 0 Å². The van der Waals surface area contributed by atoms with E-state index in [2.05, 4.69) is 17.6 Å². The van der Waals surface area contributed by atoms with Gasteiger partial charge in [0.2, 0.25) is 5.91 Å². The van der Waals surface area contributed by atoms with Gasteiger partial charge in [-0.1, -0.05) is 36.9 Å². The van der Waals surface area contributed by atoms with Crippen molar-refractivity contribution < 1.29 is 4.79 Å². The van der Waals surface area contributed by atoms with Crippen molar-refractivity contribution in [2.75, 3.05) is 11.9 Å². The molecule has 0 unspecified atom stereocenters. The number of carbonyl (C=O) groups is 1. The average molecular weight is 295 g/mol. The fourth-order valence-corrected chi connectivity index (χ4v) is 2.90. The third-order valence-corrected chi connectivity index (χ3v) is 4.34. The van der Waals surface area contributed by atoms with Crippen LogP contribution < -0.4 is 10.6 Å². The van der Waals surface area contributed by atoms with E-state index in [0.717, 1.165) is 24.1 Å². The molecule has 1 saturated carbocycles. The van der Waals surface area contributed by atoms with Gasteiger partial charge in [-0.15, -0.1) is 0 Å². The van der Waals surface area contributed by atoms with Gasteiger partial charge < -0.3 is 10.6 Å². The standard InChI is InChI=1S/C16H23ClN2O/c1-12-6-7-13(17)10-14(12)19-15(20)11-18-16(2)8-4-3-5-9-16/h6-7,10,18H,3-5,8-9,11H2,1-2H3,(H,19,20). The molecular formula is C16H23ClN2O. The second kappa shape index (κ2) is 6.59. The van der Waals surface area contributed by atoms with Gasteiger partial charge in [-0.2, -0.15) is 0 Å². The monoisotopic (exact) mass is 294 g/mol. The number of rotatable bonds is 4. The van der Waals surface area contributed by atoms with Crippen LogP contribution in [0.25, 0.3) is 0 Å². The van der Waals surface area contributed by atoms with E-state index in [1.807, 2.05) is 19.1 Å². The Balaban J connectivity index is 1.87. The Morgan fingerprint density at radius 3 is 2.70 bits per heavy atom. The predicted molar refractivity (Wildman–Crippen MR) is 84.3 cm³/mol. The Hall–Kier alpha value is -1.06. The molecule has 3 nitrogen and oxygen atoms in total. The lowest BCUT2D eigenvalue weighted by Gasteiger charge is -2.34. The van der Waals surface area contributed by atoms with E-state index in [4.69, 9.17) is 11.6 Å². The molecule has 0 aromatic heterocycles. The molecule has 1 aromatic carbocycles. The van der Waals surface area contributed by atoms with Gasteiger partial charge in [0.05, 0.1) is 6.54 Å². The predicted octanol–water partition coefficient (Wildman–Crippen LogP) is 3.90. The van der Waals surface area contributed by atoms with E-state index in [1.54, 1.807) is 6.07 Å². The fraction of sp³-hybridized carbons (Fsp3) is 0.562. The summed E-state index contributed by atoms with van der Waals surface area (Å²) in [5.74, 6) is -0.0119. The summed E-state index contributed by atoms with van der Waals surface area (Å²) in [6, 6.07) is 5.53. The van der Waals surface area contributed by atoms with E-state index >= 15 is 0 Å². The summed E-state index contributed by atoms with van der Waals surface area (Å²) in [6.45, 7) is 4.52. The third-order valence-electron chi connectivity index (χ3n) is 4.11. The molecule has 1 aliphatic rings. The lowest BCUT2D eigenvalue weighted by molar-refractivity contribution is -0.115. The second-order valence-corrected chi connectivity index (χ2v) is 6.42. The van der Waals surface area contributed by atoms with Crippen molar-refractivity contribution in [3.8, 4) is 0 Å². The lowest BCUT2D eigenvalue weighted by Crippen LogP contribution is -2.47. The van der Waals surface area contributed by atoms with Crippen LogP contribution in [-0.2, 0) is 4.79 Å². The zero-order valence-corrected chi connectivity index (χ0v) is 13.0. The number of carbonyl (C=O) groups excluding carboxylic acids is 1. The topological polar surface area (TPSA) is 41.1 Å². The molecule has 2 rings (SSSR count). The van der Waals surface area contributed by atoms with Gasteiger partial charge in [-0.05, 0) is 44.4 Å². The molecule has 0 spiro atoms. The summed E-state index contributed by atoms with van der Waals surface area (Å²) in [4.78, 5) is 12.0. The van der Waals surface area contributed by atoms with Gasteiger partial charge in [-0.3, -0.25) is 4.79 Å². The number of aryl methyl sites for hydroxylation is 1. The maximum atomic E-state index is 12.0. The highest BCUT2D eigenvalue weighted by Crippen LogP contribution is 2.27. The van der Waals surface area contributed by atoms with Crippen LogP contribution in [0.5, 0.6) is 0 Å². The maximum absolute atomic E-state index is 12.0. The first kappa shape index (κ1) is 15.3. The van der Waals surface area contributed by atoms with Gasteiger partial charge in [0.15, 0.2) is 0 Å². The summed E-state index contributed by atoms with van der Waals surface area (Å²) in [6.07, 6.45) is 6.11. The van der Waals surface area contributed by atoms with Crippen LogP contribution in [0.2, 0.25) is 5.02 Å². The Kier molecular flexibility index (Phi) is 5.06. The maximum Gasteiger partial charge on any atom is 0.238 e. The van der Waals surface area contributed by atoms with E-state index in [1.165, 1.54) is 19.3 Å². The number of halogens is 1. The van der Waals surface area contributed by atoms with Crippen molar-refractivity contribution in [3.05, 3.63) is 28.8 Å². The Bertz CT molecular complexity index is 481. The molecule has 110 valence electrons. The Labute approximate surface area is 126 Å². The molecular weight excluding hydrogens is 272 g/mol. The minimum Gasteiger partial charge on any atom is -0.325 e. The summed E-state index contributed by atoms with van der Waals surface area (Å²) in [5, 5.41) is 6.97. The molecule has 1 fully saturated rings. The van der Waals surface area contributed by atoms with Crippen LogP contribution in [0.4, 0.5) is 5.69 Å². The number of hydrogen-bond acceptors (Lipinski definition) is 2. The quantitative estimate of drug-likeness (QED) is 0.884. The van der Waals surface area contributed by atoms with Gasteiger partial charge in [0.25, 0.3) is 0 Å². The van der Waals surface area contributed by atoms with Crippen LogP contribution in [0.3, 0.4) is 0 Å². The zero-order chi connectivity index (χ0) is 14.6. The molecule has 1 aliphatic carbocycles. The Morgan fingerprint density at radius 2 is 2.00 bits per heavy atom. The summed E-state index contributed by atoms with van der Waals surface area (Å²) in [5.41, 5.74) is 1.92. The van der Waals surface area contributed by atoms with E-state index in [-0.39, 0.29) is 11.4 Å². The van der Waals surface area contributed by atoms with Crippen LogP contribution in [-0.4, -0.2) is 18.0 Å². The highest BCUT2D eigenvalue weighted by atomic mass is 35.5. The van der Waals surface area contributed by atoms with Gasteiger partial charge >= 0.3 is 0 Å². The first-order chi connectivity index (χ1) is 9.48.